The quantitative estimate of drug-likeness (QED) is 0.593. The van der Waals surface area contributed by atoms with Gasteiger partial charge in [-0.05, 0) is 80.3 Å². The third-order valence-corrected chi connectivity index (χ3v) is 6.29. The van der Waals surface area contributed by atoms with Crippen LogP contribution in [0.3, 0.4) is 0 Å². The number of fused-ring (bicyclic) bond motifs is 1. The maximum absolute atomic E-state index is 9.83. The Hall–Kier alpha value is -1.73. The molecule has 1 N–H and O–H groups in total. The maximum Gasteiger partial charge on any atom is 0.188 e. The minimum atomic E-state index is 0.154. The van der Waals surface area contributed by atoms with Gasteiger partial charge in [-0.15, -0.1) is 10.2 Å². The van der Waals surface area contributed by atoms with Crippen LogP contribution in [0.15, 0.2) is 50.3 Å². The van der Waals surface area contributed by atoms with Crippen molar-refractivity contribution in [3.63, 3.8) is 0 Å². The maximum atomic E-state index is 9.83. The minimum absolute atomic E-state index is 0.154. The second kappa shape index (κ2) is 7.72. The van der Waals surface area contributed by atoms with Gasteiger partial charge in [-0.1, -0.05) is 13.0 Å². The highest BCUT2D eigenvalue weighted by Gasteiger charge is 2.26. The number of aromatic hydroxyl groups is 1. The van der Waals surface area contributed by atoms with Crippen molar-refractivity contribution in [2.75, 3.05) is 0 Å². The number of rotatable bonds is 4. The average Bonchev–Trinajstić information content (AvgIpc) is 3.17. The molecule has 2 aliphatic rings. The number of aromatic nitrogens is 3. The van der Waals surface area contributed by atoms with Gasteiger partial charge in [-0.25, -0.2) is 4.98 Å². The van der Waals surface area contributed by atoms with Crippen molar-refractivity contribution < 1.29 is 9.84 Å². The smallest absolute Gasteiger partial charge is 0.188 e. The molecule has 1 aromatic carbocycles. The molecule has 2 aromatic rings. The number of allylic oxidation sites excluding steroid dienone is 4. The first kappa shape index (κ1) is 18.6. The Labute approximate surface area is 174 Å². The van der Waals surface area contributed by atoms with E-state index in [-0.39, 0.29) is 5.75 Å². The Morgan fingerprint density at radius 2 is 1.96 bits per heavy atom. The van der Waals surface area contributed by atoms with Crippen LogP contribution in [0.25, 0.3) is 11.3 Å². The van der Waals surface area contributed by atoms with E-state index >= 15 is 0 Å². The van der Waals surface area contributed by atoms with Crippen LogP contribution in [0.2, 0.25) is 0 Å². The summed E-state index contributed by atoms with van der Waals surface area (Å²) in [5.41, 5.74) is 4.30. The van der Waals surface area contributed by atoms with E-state index in [1.54, 1.807) is 18.3 Å². The fraction of sp³-hybridized carbons (Fsp3) is 0.350. The molecule has 0 bridgehead atoms. The lowest BCUT2D eigenvalue weighted by atomic mass is 9.85. The number of phenolic OH excluding ortho intramolecular Hbond substituents is 1. The molecule has 0 fully saturated rings. The zero-order valence-corrected chi connectivity index (χ0v) is 18.0. The third-order valence-electron chi connectivity index (χ3n) is 5.08. The van der Waals surface area contributed by atoms with Crippen LogP contribution in [0.4, 0.5) is 0 Å². The summed E-state index contributed by atoms with van der Waals surface area (Å²) in [6.07, 6.45) is 8.34. The number of benzene rings is 1. The second-order valence-electron chi connectivity index (χ2n) is 6.88. The first-order valence-corrected chi connectivity index (χ1v) is 10.5. The first-order valence-electron chi connectivity index (χ1n) is 8.95. The highest BCUT2D eigenvalue weighted by molar-refractivity contribution is 9.11. The van der Waals surface area contributed by atoms with Crippen molar-refractivity contribution >= 4 is 31.9 Å². The van der Waals surface area contributed by atoms with E-state index in [0.29, 0.717) is 33.0 Å². The topological polar surface area (TPSA) is 68.1 Å². The van der Waals surface area contributed by atoms with Crippen molar-refractivity contribution in [2.24, 2.45) is 5.92 Å². The summed E-state index contributed by atoms with van der Waals surface area (Å²) in [7, 11) is 0. The van der Waals surface area contributed by atoms with Gasteiger partial charge in [-0.2, -0.15) is 0 Å². The normalized spacial score (nSPS) is 19.1. The summed E-state index contributed by atoms with van der Waals surface area (Å²) in [6.45, 7) is 2.62. The number of nitrogens with zero attached hydrogens (tertiary/aromatic N) is 3. The first-order chi connectivity index (χ1) is 13.0. The Balaban J connectivity index is 1.48. The minimum Gasteiger partial charge on any atom is -0.506 e. The lowest BCUT2D eigenvalue weighted by Crippen LogP contribution is -2.12. The molecular weight excluding hydrogens is 474 g/mol. The largest absolute Gasteiger partial charge is 0.506 e. The Bertz CT molecular complexity index is 916. The summed E-state index contributed by atoms with van der Waals surface area (Å²) in [5, 5.41) is 18.3. The van der Waals surface area contributed by atoms with Gasteiger partial charge >= 0.3 is 0 Å². The fourth-order valence-electron chi connectivity index (χ4n) is 3.61. The van der Waals surface area contributed by atoms with Gasteiger partial charge < -0.3 is 9.84 Å². The number of halogens is 2. The zero-order chi connectivity index (χ0) is 19.0. The number of hydrogen-bond acceptors (Lipinski definition) is 5. The number of phenols is 1. The lowest BCUT2D eigenvalue weighted by Gasteiger charge is -2.25. The molecule has 2 aliphatic carbocycles. The SMILES string of the molecule is CC1CCC(OCc2ncc(-c3cc(Br)c(O)c(Br)c3)nn2)=C2CCC=C21. The second-order valence-corrected chi connectivity index (χ2v) is 8.59. The molecule has 27 heavy (non-hydrogen) atoms. The van der Waals surface area contributed by atoms with Crippen molar-refractivity contribution in [1.29, 1.82) is 0 Å². The van der Waals surface area contributed by atoms with Crippen molar-refractivity contribution in [3.05, 3.63) is 56.1 Å². The number of hydrogen-bond donors (Lipinski definition) is 1. The van der Waals surface area contributed by atoms with E-state index in [2.05, 4.69) is 60.0 Å². The summed E-state index contributed by atoms with van der Waals surface area (Å²) in [6, 6.07) is 3.57. The Morgan fingerprint density at radius 3 is 2.67 bits per heavy atom. The van der Waals surface area contributed by atoms with Crippen LogP contribution >= 0.6 is 31.9 Å². The van der Waals surface area contributed by atoms with Gasteiger partial charge in [0, 0.05) is 12.0 Å². The predicted molar refractivity (Wildman–Crippen MR) is 110 cm³/mol. The van der Waals surface area contributed by atoms with E-state index in [4.69, 9.17) is 4.74 Å². The molecule has 1 heterocycles. The standard InChI is InChI=1S/C20H19Br2N3O2/c1-11-5-6-18(14-4-2-3-13(11)14)27-10-19-23-9-17(24-25-19)12-7-15(21)20(26)16(22)8-12/h3,7-9,11,26H,2,4-6,10H2,1H3. The fourth-order valence-corrected chi connectivity index (χ4v) is 4.80. The van der Waals surface area contributed by atoms with Gasteiger partial charge in [0.05, 0.1) is 15.1 Å². The van der Waals surface area contributed by atoms with Crippen LogP contribution in [0, 0.1) is 5.92 Å². The highest BCUT2D eigenvalue weighted by atomic mass is 79.9. The molecule has 140 valence electrons. The average molecular weight is 493 g/mol. The van der Waals surface area contributed by atoms with Crippen LogP contribution in [-0.4, -0.2) is 20.3 Å². The lowest BCUT2D eigenvalue weighted by molar-refractivity contribution is 0.170. The van der Waals surface area contributed by atoms with E-state index in [0.717, 1.165) is 37.0 Å². The Morgan fingerprint density at radius 1 is 1.19 bits per heavy atom. The van der Waals surface area contributed by atoms with Gasteiger partial charge in [0.15, 0.2) is 5.82 Å². The molecule has 7 heteroatoms. The summed E-state index contributed by atoms with van der Waals surface area (Å²) in [5.74, 6) is 2.44. The van der Waals surface area contributed by atoms with Gasteiger partial charge in [-0.3, -0.25) is 0 Å². The predicted octanol–water partition coefficient (Wildman–Crippen LogP) is 5.69. The van der Waals surface area contributed by atoms with Crippen LogP contribution in [0.1, 0.15) is 38.4 Å². The summed E-state index contributed by atoms with van der Waals surface area (Å²) >= 11 is 6.65. The van der Waals surface area contributed by atoms with Gasteiger partial charge in [0.2, 0.25) is 0 Å². The monoisotopic (exact) mass is 491 g/mol. The molecule has 1 aromatic heterocycles. The molecule has 5 nitrogen and oxygen atoms in total. The van der Waals surface area contributed by atoms with Crippen molar-refractivity contribution in [1.82, 2.24) is 15.2 Å². The van der Waals surface area contributed by atoms with Gasteiger partial charge in [0.25, 0.3) is 0 Å². The molecule has 0 amide bonds. The Kier molecular flexibility index (Phi) is 5.32. The molecule has 1 unspecified atom stereocenters. The van der Waals surface area contributed by atoms with E-state index in [1.807, 2.05) is 0 Å². The van der Waals surface area contributed by atoms with Crippen LogP contribution in [0.5, 0.6) is 5.75 Å². The van der Waals surface area contributed by atoms with Crippen LogP contribution in [-0.2, 0) is 11.3 Å². The van der Waals surface area contributed by atoms with Crippen molar-refractivity contribution in [2.45, 2.75) is 39.2 Å². The molecule has 4 rings (SSSR count). The molecular formula is C20H19Br2N3O2. The molecule has 1 atom stereocenters. The molecule has 0 spiro atoms. The van der Waals surface area contributed by atoms with Crippen LogP contribution < -0.4 is 0 Å². The van der Waals surface area contributed by atoms with E-state index < -0.39 is 0 Å². The molecule has 0 saturated carbocycles. The van der Waals surface area contributed by atoms with Crippen molar-refractivity contribution in [3.8, 4) is 17.0 Å². The molecule has 0 aliphatic heterocycles. The van der Waals surface area contributed by atoms with E-state index in [9.17, 15) is 5.11 Å². The third kappa shape index (κ3) is 3.80. The summed E-state index contributed by atoms with van der Waals surface area (Å²) in [4.78, 5) is 4.39. The van der Waals surface area contributed by atoms with E-state index in [1.165, 1.54) is 11.1 Å². The molecule has 0 radical (unpaired) electrons. The molecule has 0 saturated heterocycles. The summed E-state index contributed by atoms with van der Waals surface area (Å²) < 4.78 is 7.23. The number of ether oxygens (including phenoxy) is 1. The zero-order valence-electron chi connectivity index (χ0n) is 14.9. The highest BCUT2D eigenvalue weighted by Crippen LogP contribution is 2.41. The van der Waals surface area contributed by atoms with Gasteiger partial charge in [0.1, 0.15) is 23.8 Å².